The predicted molar refractivity (Wildman–Crippen MR) is 85.1 cm³/mol. The Morgan fingerprint density at radius 2 is 1.68 bits per heavy atom. The molecular formula is C19H27F3. The Bertz CT molecular complexity index is 439. The lowest BCUT2D eigenvalue weighted by molar-refractivity contribution is -0.0566. The third kappa shape index (κ3) is 4.50. The van der Waals surface area contributed by atoms with Gasteiger partial charge in [0.1, 0.15) is 0 Å². The molecular weight excluding hydrogens is 285 g/mol. The highest BCUT2D eigenvalue weighted by Crippen LogP contribution is 2.39. The molecule has 2 rings (SSSR count). The number of rotatable bonds is 6. The van der Waals surface area contributed by atoms with E-state index in [1.54, 1.807) is 0 Å². The minimum Gasteiger partial charge on any atom is -0.236 e. The number of alkyl halides is 3. The highest BCUT2D eigenvalue weighted by Gasteiger charge is 2.35. The number of unbranched alkanes of at least 4 members (excludes halogenated alkanes) is 1. The van der Waals surface area contributed by atoms with Crippen LogP contribution in [-0.2, 0) is 0 Å². The average molecular weight is 312 g/mol. The first kappa shape index (κ1) is 17.4. The SMILES string of the molecule is CCCC[C@H]1CC[C@H](c2ccc(C(F)C(C)(F)F)cc2)CC1. The van der Waals surface area contributed by atoms with Gasteiger partial charge in [-0.3, -0.25) is 0 Å². The Kier molecular flexibility index (Phi) is 5.94. The molecule has 1 saturated carbocycles. The molecule has 22 heavy (non-hydrogen) atoms. The standard InChI is InChI=1S/C19H27F3/c1-3-4-5-14-6-8-15(9-7-14)16-10-12-17(13-11-16)18(20)19(2,21)22/h10-15,18H,3-9H2,1-2H3/t14-,15-,18?. The smallest absolute Gasteiger partial charge is 0.236 e. The molecule has 0 bridgehead atoms. The predicted octanol–water partition coefficient (Wildman–Crippen LogP) is 6.82. The molecule has 0 nitrogen and oxygen atoms in total. The van der Waals surface area contributed by atoms with Crippen molar-refractivity contribution in [2.24, 2.45) is 5.92 Å². The lowest BCUT2D eigenvalue weighted by atomic mass is 9.77. The Hall–Kier alpha value is -0.990. The Balaban J connectivity index is 1.92. The fourth-order valence-corrected chi connectivity index (χ4v) is 3.51. The van der Waals surface area contributed by atoms with Crippen molar-refractivity contribution in [3.8, 4) is 0 Å². The fourth-order valence-electron chi connectivity index (χ4n) is 3.51. The maximum atomic E-state index is 13.6. The highest BCUT2D eigenvalue weighted by molar-refractivity contribution is 5.28. The van der Waals surface area contributed by atoms with Crippen LogP contribution >= 0.6 is 0 Å². The summed E-state index contributed by atoms with van der Waals surface area (Å²) in [6, 6.07) is 6.73. The van der Waals surface area contributed by atoms with Crippen LogP contribution in [-0.4, -0.2) is 5.92 Å². The van der Waals surface area contributed by atoms with Crippen molar-refractivity contribution in [2.75, 3.05) is 0 Å². The molecule has 1 aromatic carbocycles. The van der Waals surface area contributed by atoms with Crippen molar-refractivity contribution in [2.45, 2.75) is 76.8 Å². The maximum absolute atomic E-state index is 13.6. The van der Waals surface area contributed by atoms with E-state index in [0.717, 1.165) is 18.8 Å². The van der Waals surface area contributed by atoms with E-state index in [9.17, 15) is 13.2 Å². The summed E-state index contributed by atoms with van der Waals surface area (Å²) in [4.78, 5) is 0. The van der Waals surface area contributed by atoms with Crippen LogP contribution in [0.15, 0.2) is 24.3 Å². The number of benzene rings is 1. The van der Waals surface area contributed by atoms with Crippen LogP contribution in [0, 0.1) is 5.92 Å². The zero-order chi connectivity index (χ0) is 16.2. The molecule has 0 amide bonds. The summed E-state index contributed by atoms with van der Waals surface area (Å²) in [5.41, 5.74) is 1.25. The van der Waals surface area contributed by atoms with Crippen LogP contribution in [0.4, 0.5) is 13.2 Å². The molecule has 3 heteroatoms. The molecule has 0 aromatic heterocycles. The van der Waals surface area contributed by atoms with E-state index >= 15 is 0 Å². The molecule has 1 aromatic rings. The molecule has 1 aliphatic rings. The van der Waals surface area contributed by atoms with Gasteiger partial charge in [-0.1, -0.05) is 50.5 Å². The quantitative estimate of drug-likeness (QED) is 0.541. The monoisotopic (exact) mass is 312 g/mol. The first-order valence-corrected chi connectivity index (χ1v) is 8.53. The Labute approximate surface area is 132 Å². The van der Waals surface area contributed by atoms with E-state index in [4.69, 9.17) is 0 Å². The molecule has 0 radical (unpaired) electrons. The van der Waals surface area contributed by atoms with Gasteiger partial charge in [0.25, 0.3) is 5.92 Å². The van der Waals surface area contributed by atoms with Crippen molar-refractivity contribution in [1.82, 2.24) is 0 Å². The molecule has 1 atom stereocenters. The molecule has 0 spiro atoms. The molecule has 1 fully saturated rings. The summed E-state index contributed by atoms with van der Waals surface area (Å²) in [5.74, 6) is -1.96. The summed E-state index contributed by atoms with van der Waals surface area (Å²) in [6.07, 6.45) is 6.52. The molecule has 1 aliphatic carbocycles. The first-order chi connectivity index (χ1) is 10.4. The molecule has 0 heterocycles. The molecule has 0 saturated heterocycles. The van der Waals surface area contributed by atoms with E-state index in [1.165, 1.54) is 49.8 Å². The molecule has 1 unspecified atom stereocenters. The van der Waals surface area contributed by atoms with Gasteiger partial charge in [-0.25, -0.2) is 13.2 Å². The van der Waals surface area contributed by atoms with Crippen LogP contribution in [0.25, 0.3) is 0 Å². The molecule has 0 N–H and O–H groups in total. The summed E-state index contributed by atoms with van der Waals surface area (Å²) >= 11 is 0. The van der Waals surface area contributed by atoms with E-state index in [2.05, 4.69) is 6.92 Å². The van der Waals surface area contributed by atoms with Crippen LogP contribution in [0.2, 0.25) is 0 Å². The van der Waals surface area contributed by atoms with E-state index in [-0.39, 0.29) is 5.56 Å². The number of hydrogen-bond acceptors (Lipinski definition) is 0. The van der Waals surface area contributed by atoms with Crippen LogP contribution in [0.1, 0.15) is 82.0 Å². The third-order valence-electron chi connectivity index (χ3n) is 4.96. The van der Waals surface area contributed by atoms with Crippen molar-refractivity contribution >= 4 is 0 Å². The first-order valence-electron chi connectivity index (χ1n) is 8.53. The molecule has 0 aliphatic heterocycles. The summed E-state index contributed by atoms with van der Waals surface area (Å²) < 4.78 is 39.7. The molecule has 124 valence electrons. The minimum absolute atomic E-state index is 0.0767. The largest absolute Gasteiger partial charge is 0.280 e. The zero-order valence-electron chi connectivity index (χ0n) is 13.6. The fraction of sp³-hybridized carbons (Fsp3) is 0.684. The average Bonchev–Trinajstić information content (AvgIpc) is 2.52. The van der Waals surface area contributed by atoms with Gasteiger partial charge in [0, 0.05) is 6.92 Å². The number of halogens is 3. The van der Waals surface area contributed by atoms with Gasteiger partial charge in [-0.05, 0) is 48.6 Å². The summed E-state index contributed by atoms with van der Waals surface area (Å²) in [6.45, 7) is 2.86. The maximum Gasteiger partial charge on any atom is 0.280 e. The second kappa shape index (κ2) is 7.52. The zero-order valence-corrected chi connectivity index (χ0v) is 13.6. The van der Waals surface area contributed by atoms with E-state index in [1.807, 2.05) is 12.1 Å². The van der Waals surface area contributed by atoms with Crippen molar-refractivity contribution in [3.05, 3.63) is 35.4 Å². The van der Waals surface area contributed by atoms with Crippen LogP contribution in [0.3, 0.4) is 0 Å². The number of hydrogen-bond donors (Lipinski definition) is 0. The van der Waals surface area contributed by atoms with Crippen molar-refractivity contribution < 1.29 is 13.2 Å². The van der Waals surface area contributed by atoms with E-state index in [0.29, 0.717) is 12.8 Å². The lowest BCUT2D eigenvalue weighted by Crippen LogP contribution is -2.18. The van der Waals surface area contributed by atoms with Gasteiger partial charge in [-0.15, -0.1) is 0 Å². The second-order valence-corrected chi connectivity index (χ2v) is 6.85. The van der Waals surface area contributed by atoms with Gasteiger partial charge in [-0.2, -0.15) is 0 Å². The van der Waals surface area contributed by atoms with Crippen molar-refractivity contribution in [3.63, 3.8) is 0 Å². The van der Waals surface area contributed by atoms with Crippen molar-refractivity contribution in [1.29, 1.82) is 0 Å². The third-order valence-corrected chi connectivity index (χ3v) is 4.96. The van der Waals surface area contributed by atoms with Crippen LogP contribution in [0.5, 0.6) is 0 Å². The normalized spacial score (nSPS) is 24.2. The summed E-state index contributed by atoms with van der Waals surface area (Å²) in [7, 11) is 0. The van der Waals surface area contributed by atoms with E-state index < -0.39 is 12.1 Å². The minimum atomic E-state index is -3.32. The van der Waals surface area contributed by atoms with Gasteiger partial charge in [0.05, 0.1) is 0 Å². The topological polar surface area (TPSA) is 0 Å². The van der Waals surface area contributed by atoms with Gasteiger partial charge in [0.2, 0.25) is 0 Å². The second-order valence-electron chi connectivity index (χ2n) is 6.85. The lowest BCUT2D eigenvalue weighted by Gasteiger charge is -2.29. The Morgan fingerprint density at radius 1 is 1.09 bits per heavy atom. The van der Waals surface area contributed by atoms with Gasteiger partial charge in [0.15, 0.2) is 6.17 Å². The Morgan fingerprint density at radius 3 is 2.18 bits per heavy atom. The van der Waals surface area contributed by atoms with Crippen LogP contribution < -0.4 is 0 Å². The highest BCUT2D eigenvalue weighted by atomic mass is 19.3. The van der Waals surface area contributed by atoms with Gasteiger partial charge >= 0.3 is 0 Å². The summed E-state index contributed by atoms with van der Waals surface area (Å²) in [5, 5.41) is 0. The van der Waals surface area contributed by atoms with Gasteiger partial charge < -0.3 is 0 Å².